The first-order valence-electron chi connectivity index (χ1n) is 4.11. The molecule has 0 N–H and O–H groups in total. The zero-order chi connectivity index (χ0) is 8.97. The van der Waals surface area contributed by atoms with Gasteiger partial charge in [-0.3, -0.25) is 0 Å². The van der Waals surface area contributed by atoms with Crippen molar-refractivity contribution in [2.75, 3.05) is 6.61 Å². The minimum absolute atomic E-state index is 0.197. The van der Waals surface area contributed by atoms with Crippen molar-refractivity contribution in [3.63, 3.8) is 0 Å². The van der Waals surface area contributed by atoms with Gasteiger partial charge in [0.1, 0.15) is 0 Å². The molecule has 0 fully saturated rings. The largest absolute Gasteiger partial charge is 0.374 e. The molecule has 0 heterocycles. The molecule has 2 heteroatoms. The maximum atomic E-state index is 5.45. The second-order valence-corrected chi connectivity index (χ2v) is 3.56. The van der Waals surface area contributed by atoms with Crippen LogP contribution in [0.2, 0.25) is 0 Å². The molecule has 0 bridgehead atoms. The van der Waals surface area contributed by atoms with E-state index in [1.54, 1.807) is 0 Å². The highest BCUT2D eigenvalue weighted by Crippen LogP contribution is 2.18. The van der Waals surface area contributed by atoms with Crippen molar-refractivity contribution < 1.29 is 4.74 Å². The molecule has 0 aliphatic heterocycles. The summed E-state index contributed by atoms with van der Waals surface area (Å²) in [6.07, 6.45) is 0.197. The van der Waals surface area contributed by atoms with Crippen molar-refractivity contribution in [1.82, 2.24) is 0 Å². The molecule has 0 saturated heterocycles. The Balaban J connectivity index is 2.68. The molecule has 0 amide bonds. The molecule has 0 aliphatic rings. The van der Waals surface area contributed by atoms with E-state index in [0.29, 0.717) is 0 Å². The van der Waals surface area contributed by atoms with Crippen molar-refractivity contribution in [2.45, 2.75) is 20.0 Å². The molecule has 0 aliphatic carbocycles. The van der Waals surface area contributed by atoms with E-state index >= 15 is 0 Å². The van der Waals surface area contributed by atoms with Crippen LogP contribution in [0, 0.1) is 0 Å². The van der Waals surface area contributed by atoms with Gasteiger partial charge in [0.15, 0.2) is 0 Å². The summed E-state index contributed by atoms with van der Waals surface area (Å²) in [6, 6.07) is 8.21. The van der Waals surface area contributed by atoms with E-state index < -0.39 is 0 Å². The maximum absolute atomic E-state index is 5.45. The van der Waals surface area contributed by atoms with E-state index in [4.69, 9.17) is 4.74 Å². The molecule has 0 radical (unpaired) electrons. The summed E-state index contributed by atoms with van der Waals surface area (Å²) in [6.45, 7) is 4.83. The van der Waals surface area contributed by atoms with Crippen LogP contribution in [0.5, 0.6) is 0 Å². The van der Waals surface area contributed by atoms with Gasteiger partial charge < -0.3 is 4.74 Å². The summed E-state index contributed by atoms with van der Waals surface area (Å²) in [5, 5.41) is 0. The van der Waals surface area contributed by atoms with Crippen molar-refractivity contribution in [3.05, 3.63) is 34.3 Å². The normalized spacial score (nSPS) is 12.9. The van der Waals surface area contributed by atoms with Gasteiger partial charge in [-0.05, 0) is 31.5 Å². The Morgan fingerprint density at radius 3 is 2.42 bits per heavy atom. The summed E-state index contributed by atoms with van der Waals surface area (Å²) < 4.78 is 6.56. The highest BCUT2D eigenvalue weighted by molar-refractivity contribution is 9.10. The van der Waals surface area contributed by atoms with Crippen molar-refractivity contribution in [1.29, 1.82) is 0 Å². The van der Waals surface area contributed by atoms with Gasteiger partial charge in [-0.2, -0.15) is 0 Å². The van der Waals surface area contributed by atoms with Gasteiger partial charge in [-0.15, -0.1) is 0 Å². The third kappa shape index (κ3) is 2.61. The first-order valence-corrected chi connectivity index (χ1v) is 4.90. The molecule has 0 spiro atoms. The van der Waals surface area contributed by atoms with Gasteiger partial charge in [-0.1, -0.05) is 28.1 Å². The van der Waals surface area contributed by atoms with Crippen LogP contribution >= 0.6 is 15.9 Å². The average molecular weight is 229 g/mol. The molecule has 66 valence electrons. The fraction of sp³-hybridized carbons (Fsp3) is 0.400. The summed E-state index contributed by atoms with van der Waals surface area (Å²) in [7, 11) is 0. The van der Waals surface area contributed by atoms with E-state index in [0.717, 1.165) is 11.1 Å². The number of ether oxygens (including phenoxy) is 1. The van der Waals surface area contributed by atoms with Crippen LogP contribution in [0.1, 0.15) is 25.5 Å². The van der Waals surface area contributed by atoms with Gasteiger partial charge in [0.25, 0.3) is 0 Å². The van der Waals surface area contributed by atoms with Gasteiger partial charge in [0.2, 0.25) is 0 Å². The van der Waals surface area contributed by atoms with Crippen LogP contribution in [0.25, 0.3) is 0 Å². The van der Waals surface area contributed by atoms with Crippen LogP contribution in [0.3, 0.4) is 0 Å². The van der Waals surface area contributed by atoms with Crippen LogP contribution in [0.15, 0.2) is 28.7 Å². The fourth-order valence-corrected chi connectivity index (χ4v) is 1.34. The maximum Gasteiger partial charge on any atom is 0.0796 e. The lowest BCUT2D eigenvalue weighted by molar-refractivity contribution is 0.0764. The molecule has 1 rings (SSSR count). The smallest absolute Gasteiger partial charge is 0.0796 e. The van der Waals surface area contributed by atoms with E-state index in [1.807, 2.05) is 19.1 Å². The minimum atomic E-state index is 0.197. The molecule has 12 heavy (non-hydrogen) atoms. The number of hydrogen-bond acceptors (Lipinski definition) is 1. The highest BCUT2D eigenvalue weighted by atomic mass is 79.9. The van der Waals surface area contributed by atoms with Crippen LogP contribution in [-0.4, -0.2) is 6.61 Å². The highest BCUT2D eigenvalue weighted by Gasteiger charge is 2.02. The number of hydrogen-bond donors (Lipinski definition) is 0. The second kappa shape index (κ2) is 4.63. The Hall–Kier alpha value is -0.340. The summed E-state index contributed by atoms with van der Waals surface area (Å²) in [5.74, 6) is 0. The minimum Gasteiger partial charge on any atom is -0.374 e. The third-order valence-corrected chi connectivity index (χ3v) is 2.28. The Morgan fingerprint density at radius 1 is 1.33 bits per heavy atom. The molecule has 0 saturated carbocycles. The lowest BCUT2D eigenvalue weighted by Crippen LogP contribution is -1.98. The van der Waals surface area contributed by atoms with E-state index in [9.17, 15) is 0 Å². The SMILES string of the molecule is CCO[C@H](C)c1ccc(Br)cc1. The standard InChI is InChI=1S/C10H13BrO/c1-3-12-8(2)9-4-6-10(11)7-5-9/h4-8H,3H2,1-2H3/t8-/m1/s1. The van der Waals surface area contributed by atoms with Gasteiger partial charge in [0, 0.05) is 11.1 Å². The fourth-order valence-electron chi connectivity index (χ4n) is 1.08. The third-order valence-electron chi connectivity index (χ3n) is 1.76. The number of rotatable bonds is 3. The number of benzene rings is 1. The summed E-state index contributed by atoms with van der Waals surface area (Å²) >= 11 is 3.39. The predicted molar refractivity (Wildman–Crippen MR) is 54.2 cm³/mol. The first kappa shape index (κ1) is 9.75. The Kier molecular flexibility index (Phi) is 3.76. The Bertz CT molecular complexity index is 230. The van der Waals surface area contributed by atoms with Crippen molar-refractivity contribution >= 4 is 15.9 Å². The molecule has 1 aromatic rings. The zero-order valence-electron chi connectivity index (χ0n) is 7.38. The van der Waals surface area contributed by atoms with Crippen LogP contribution in [-0.2, 0) is 4.74 Å². The van der Waals surface area contributed by atoms with E-state index in [-0.39, 0.29) is 6.10 Å². The Labute approximate surface area is 81.9 Å². The quantitative estimate of drug-likeness (QED) is 0.770. The van der Waals surface area contributed by atoms with Crippen molar-refractivity contribution in [3.8, 4) is 0 Å². The van der Waals surface area contributed by atoms with Crippen LogP contribution in [0.4, 0.5) is 0 Å². The summed E-state index contributed by atoms with van der Waals surface area (Å²) in [4.78, 5) is 0. The van der Waals surface area contributed by atoms with E-state index in [2.05, 4.69) is 35.0 Å². The lowest BCUT2D eigenvalue weighted by atomic mass is 10.1. The van der Waals surface area contributed by atoms with Gasteiger partial charge in [0.05, 0.1) is 6.10 Å². The average Bonchev–Trinajstić information content (AvgIpc) is 2.06. The molecular formula is C10H13BrO. The second-order valence-electron chi connectivity index (χ2n) is 2.65. The van der Waals surface area contributed by atoms with Crippen LogP contribution < -0.4 is 0 Å². The predicted octanol–water partition coefficient (Wildman–Crippen LogP) is 3.55. The molecule has 1 nitrogen and oxygen atoms in total. The molecule has 1 aromatic carbocycles. The van der Waals surface area contributed by atoms with Gasteiger partial charge >= 0.3 is 0 Å². The Morgan fingerprint density at radius 2 is 1.92 bits per heavy atom. The number of halogens is 1. The van der Waals surface area contributed by atoms with E-state index in [1.165, 1.54) is 5.56 Å². The molecular weight excluding hydrogens is 216 g/mol. The monoisotopic (exact) mass is 228 g/mol. The van der Waals surface area contributed by atoms with Gasteiger partial charge in [-0.25, -0.2) is 0 Å². The summed E-state index contributed by atoms with van der Waals surface area (Å²) in [5.41, 5.74) is 1.22. The molecule has 0 aromatic heterocycles. The lowest BCUT2D eigenvalue weighted by Gasteiger charge is -2.11. The first-order chi connectivity index (χ1) is 5.74. The zero-order valence-corrected chi connectivity index (χ0v) is 8.97. The molecule has 1 atom stereocenters. The topological polar surface area (TPSA) is 9.23 Å². The van der Waals surface area contributed by atoms with Crippen molar-refractivity contribution in [2.24, 2.45) is 0 Å². The molecule has 0 unspecified atom stereocenters.